The van der Waals surface area contributed by atoms with E-state index in [2.05, 4.69) is 35.6 Å². The fourth-order valence-corrected chi connectivity index (χ4v) is 3.59. The minimum Gasteiger partial charge on any atom is -0.390 e. The molecule has 0 fully saturated rings. The van der Waals surface area contributed by atoms with Gasteiger partial charge in [0.25, 0.3) is 0 Å². The predicted molar refractivity (Wildman–Crippen MR) is 120 cm³/mol. The number of aromatic nitrogens is 1. The van der Waals surface area contributed by atoms with Crippen LogP contribution in [0.3, 0.4) is 0 Å². The number of likely N-dealkylation sites (N-methyl/N-ethyl adjacent to an activating group) is 1. The number of ketones is 1. The summed E-state index contributed by atoms with van der Waals surface area (Å²) in [5.74, 6) is -0.0139. The molecular weight excluding hydrogens is 360 g/mol. The van der Waals surface area contributed by atoms with Crippen LogP contribution in [-0.4, -0.2) is 46.6 Å². The van der Waals surface area contributed by atoms with Crippen molar-refractivity contribution in [2.24, 2.45) is 0 Å². The van der Waals surface area contributed by atoms with Gasteiger partial charge in [0.2, 0.25) is 0 Å². The number of hydrogen-bond donors (Lipinski definition) is 1. The van der Waals surface area contributed by atoms with Gasteiger partial charge in [-0.3, -0.25) is 4.79 Å². The molecular formula is C25H30N2O2. The number of carbonyl (C=O) groups excluding carboxylic acids is 1. The van der Waals surface area contributed by atoms with Gasteiger partial charge in [0.15, 0.2) is 5.78 Å². The van der Waals surface area contributed by atoms with Crippen LogP contribution in [0.2, 0.25) is 0 Å². The smallest absolute Gasteiger partial charge is 0.185 e. The Hall–Kier alpha value is -2.69. The molecule has 4 heteroatoms. The highest BCUT2D eigenvalue weighted by Crippen LogP contribution is 2.23. The molecule has 152 valence electrons. The van der Waals surface area contributed by atoms with E-state index in [1.165, 1.54) is 0 Å². The lowest BCUT2D eigenvalue weighted by Crippen LogP contribution is -2.32. The van der Waals surface area contributed by atoms with E-state index in [-0.39, 0.29) is 5.78 Å². The topological polar surface area (TPSA) is 45.5 Å². The summed E-state index contributed by atoms with van der Waals surface area (Å²) in [6, 6.07) is 17.4. The van der Waals surface area contributed by atoms with Gasteiger partial charge in [-0.05, 0) is 38.2 Å². The van der Waals surface area contributed by atoms with Crippen molar-refractivity contribution in [3.8, 4) is 0 Å². The maximum Gasteiger partial charge on any atom is 0.185 e. The summed E-state index contributed by atoms with van der Waals surface area (Å²) >= 11 is 0. The molecule has 3 rings (SSSR count). The lowest BCUT2D eigenvalue weighted by Gasteiger charge is -2.21. The van der Waals surface area contributed by atoms with Gasteiger partial charge in [-0.1, -0.05) is 61.9 Å². The second-order valence-corrected chi connectivity index (χ2v) is 7.59. The van der Waals surface area contributed by atoms with Crippen molar-refractivity contribution >= 4 is 22.8 Å². The van der Waals surface area contributed by atoms with Crippen LogP contribution in [0.25, 0.3) is 17.0 Å². The number of rotatable bonds is 10. The van der Waals surface area contributed by atoms with E-state index in [9.17, 15) is 9.90 Å². The molecule has 1 heterocycles. The summed E-state index contributed by atoms with van der Waals surface area (Å²) < 4.78 is 2.08. The summed E-state index contributed by atoms with van der Waals surface area (Å²) in [5, 5.41) is 11.7. The largest absolute Gasteiger partial charge is 0.390 e. The Morgan fingerprint density at radius 1 is 1.14 bits per heavy atom. The van der Waals surface area contributed by atoms with Crippen LogP contribution < -0.4 is 0 Å². The van der Waals surface area contributed by atoms with Gasteiger partial charge in [0.05, 0.1) is 6.10 Å². The van der Waals surface area contributed by atoms with E-state index in [0.717, 1.165) is 35.9 Å². The summed E-state index contributed by atoms with van der Waals surface area (Å²) in [6.07, 6.45) is 7.36. The summed E-state index contributed by atoms with van der Waals surface area (Å²) in [7, 11) is 2.05. The molecule has 0 saturated heterocycles. The number of benzene rings is 2. The van der Waals surface area contributed by atoms with Crippen molar-refractivity contribution in [1.82, 2.24) is 9.47 Å². The Kier molecular flexibility index (Phi) is 7.39. The maximum atomic E-state index is 12.4. The average molecular weight is 391 g/mol. The SMILES string of the molecule is CCCCN(C)C[C@H](O)Cn1cc(/C=C\C(=O)c2ccccc2)c2ccccc21. The first-order chi connectivity index (χ1) is 14.1. The van der Waals surface area contributed by atoms with Gasteiger partial charge < -0.3 is 14.6 Å². The molecule has 1 N–H and O–H groups in total. The molecule has 1 atom stereocenters. The number of allylic oxidation sites excluding steroid dienone is 1. The monoisotopic (exact) mass is 390 g/mol. The van der Waals surface area contributed by atoms with Gasteiger partial charge in [-0.25, -0.2) is 0 Å². The molecule has 0 aliphatic heterocycles. The number of para-hydroxylation sites is 1. The Morgan fingerprint density at radius 2 is 1.86 bits per heavy atom. The quantitative estimate of drug-likeness (QED) is 0.405. The van der Waals surface area contributed by atoms with Gasteiger partial charge in [0, 0.05) is 41.3 Å². The highest BCUT2D eigenvalue weighted by molar-refractivity contribution is 6.07. The van der Waals surface area contributed by atoms with E-state index < -0.39 is 6.10 Å². The number of aliphatic hydroxyl groups excluding tert-OH is 1. The molecule has 0 spiro atoms. The fourth-order valence-electron chi connectivity index (χ4n) is 3.59. The molecule has 0 saturated carbocycles. The maximum absolute atomic E-state index is 12.4. The Balaban J connectivity index is 1.76. The number of nitrogens with zero attached hydrogens (tertiary/aromatic N) is 2. The van der Waals surface area contributed by atoms with Crippen molar-refractivity contribution in [2.45, 2.75) is 32.4 Å². The minimum absolute atomic E-state index is 0.0139. The first kappa shape index (κ1) is 21.0. The summed E-state index contributed by atoms with van der Waals surface area (Å²) in [5.41, 5.74) is 2.73. The number of carbonyl (C=O) groups is 1. The van der Waals surface area contributed by atoms with Crippen LogP contribution >= 0.6 is 0 Å². The Labute approximate surface area is 173 Å². The Morgan fingerprint density at radius 3 is 2.62 bits per heavy atom. The molecule has 29 heavy (non-hydrogen) atoms. The zero-order chi connectivity index (χ0) is 20.6. The number of hydrogen-bond acceptors (Lipinski definition) is 3. The second-order valence-electron chi connectivity index (χ2n) is 7.59. The second kappa shape index (κ2) is 10.2. The van der Waals surface area contributed by atoms with Crippen LogP contribution in [-0.2, 0) is 6.54 Å². The highest BCUT2D eigenvalue weighted by Gasteiger charge is 2.12. The molecule has 0 radical (unpaired) electrons. The van der Waals surface area contributed by atoms with Gasteiger partial charge in [0.1, 0.15) is 0 Å². The molecule has 0 unspecified atom stereocenters. The van der Waals surface area contributed by atoms with Gasteiger partial charge in [-0.15, -0.1) is 0 Å². The number of fused-ring (bicyclic) bond motifs is 1. The lowest BCUT2D eigenvalue weighted by atomic mass is 10.1. The standard InChI is InChI=1S/C25H30N2O2/c1-3-4-16-26(2)18-22(28)19-27-17-21(23-12-8-9-13-24(23)27)14-15-25(29)20-10-6-5-7-11-20/h5-15,17,22,28H,3-4,16,18-19H2,1-2H3/b15-14-/t22-/m0/s1. The zero-order valence-electron chi connectivity index (χ0n) is 17.3. The van der Waals surface area contributed by atoms with Crippen molar-refractivity contribution < 1.29 is 9.90 Å². The molecule has 0 amide bonds. The third-order valence-corrected chi connectivity index (χ3v) is 5.12. The first-order valence-corrected chi connectivity index (χ1v) is 10.3. The zero-order valence-corrected chi connectivity index (χ0v) is 17.3. The molecule has 0 bridgehead atoms. The third kappa shape index (κ3) is 5.66. The number of unbranched alkanes of at least 4 members (excludes halogenated alkanes) is 1. The van der Waals surface area contributed by atoms with E-state index >= 15 is 0 Å². The summed E-state index contributed by atoms with van der Waals surface area (Å²) in [6.45, 7) is 4.34. The molecule has 0 aliphatic rings. The highest BCUT2D eigenvalue weighted by atomic mass is 16.3. The van der Waals surface area contributed by atoms with Crippen molar-refractivity contribution in [3.63, 3.8) is 0 Å². The van der Waals surface area contributed by atoms with Crippen molar-refractivity contribution in [3.05, 3.63) is 78.0 Å². The average Bonchev–Trinajstić information content (AvgIpc) is 3.08. The van der Waals surface area contributed by atoms with Crippen LogP contribution in [0.1, 0.15) is 35.7 Å². The molecule has 4 nitrogen and oxygen atoms in total. The lowest BCUT2D eigenvalue weighted by molar-refractivity contribution is 0.104. The first-order valence-electron chi connectivity index (χ1n) is 10.3. The van der Waals surface area contributed by atoms with Crippen LogP contribution in [0.5, 0.6) is 0 Å². The van der Waals surface area contributed by atoms with Crippen LogP contribution in [0.4, 0.5) is 0 Å². The van der Waals surface area contributed by atoms with Crippen LogP contribution in [0, 0.1) is 0 Å². The van der Waals surface area contributed by atoms with Crippen molar-refractivity contribution in [2.75, 3.05) is 20.1 Å². The van der Waals surface area contributed by atoms with Crippen molar-refractivity contribution in [1.29, 1.82) is 0 Å². The Bertz CT molecular complexity index is 959. The van der Waals surface area contributed by atoms with Gasteiger partial charge in [-0.2, -0.15) is 0 Å². The predicted octanol–water partition coefficient (Wildman–Crippen LogP) is 4.63. The number of aliphatic hydroxyl groups is 1. The van der Waals surface area contributed by atoms with E-state index in [4.69, 9.17) is 0 Å². The van der Waals surface area contributed by atoms with Crippen LogP contribution in [0.15, 0.2) is 66.9 Å². The molecule has 2 aromatic carbocycles. The minimum atomic E-state index is -0.449. The van der Waals surface area contributed by atoms with E-state index in [1.807, 2.05) is 54.7 Å². The molecule has 0 aliphatic carbocycles. The normalized spacial score (nSPS) is 12.8. The molecule has 3 aromatic rings. The van der Waals surface area contributed by atoms with Gasteiger partial charge >= 0.3 is 0 Å². The summed E-state index contributed by atoms with van der Waals surface area (Å²) in [4.78, 5) is 14.6. The fraction of sp³-hybridized carbons (Fsp3) is 0.320. The third-order valence-electron chi connectivity index (χ3n) is 5.12. The van der Waals surface area contributed by atoms with E-state index in [0.29, 0.717) is 18.7 Å². The van der Waals surface area contributed by atoms with E-state index in [1.54, 1.807) is 6.08 Å². The molecule has 1 aromatic heterocycles.